The largest absolute Gasteiger partial charge is 0.416 e. The molecule has 2 aliphatic rings. The number of nitrogens with zero attached hydrogens (tertiary/aromatic N) is 2. The molecule has 10 heteroatoms. The number of ether oxygens (including phenoxy) is 1. The number of rotatable bonds is 6. The minimum absolute atomic E-state index is 0.0807. The topological polar surface area (TPSA) is 75.6 Å². The molecule has 1 aromatic carbocycles. The van der Waals surface area contributed by atoms with Crippen LogP contribution in [0.3, 0.4) is 0 Å². The number of hydrogen-bond donors (Lipinski definition) is 2. The minimum Gasteiger partial charge on any atom is -0.381 e. The van der Waals surface area contributed by atoms with E-state index in [-0.39, 0.29) is 22.7 Å². The van der Waals surface area contributed by atoms with Crippen molar-refractivity contribution < 1.29 is 22.7 Å². The monoisotopic (exact) mass is 534 g/mol. The molecule has 0 aliphatic carbocycles. The van der Waals surface area contributed by atoms with Gasteiger partial charge in [-0.05, 0) is 70.7 Å². The lowest BCUT2D eigenvalue weighted by Gasteiger charge is -2.39. The van der Waals surface area contributed by atoms with Crippen molar-refractivity contribution in [1.82, 2.24) is 14.8 Å². The van der Waals surface area contributed by atoms with Crippen molar-refractivity contribution in [2.75, 3.05) is 38.7 Å². The molecule has 0 saturated carbocycles. The predicted molar refractivity (Wildman–Crippen MR) is 141 cm³/mol. The number of nitrogens with one attached hydrogen (secondary N) is 2. The van der Waals surface area contributed by atoms with Crippen molar-refractivity contribution in [3.63, 3.8) is 0 Å². The Labute approximate surface area is 221 Å². The molecule has 1 atom stereocenters. The SMILES string of the molecule is Cc1c(C(C)NC(=O)c2cn(C3CCOCC3)c(=O)cc2NC2(C)CCN(C)CC2)cccc1C(F)(F)F. The average Bonchev–Trinajstić information content (AvgIpc) is 2.86. The number of aromatic nitrogens is 1. The van der Waals surface area contributed by atoms with Crippen molar-refractivity contribution in [2.45, 2.75) is 70.3 Å². The second-order valence-corrected chi connectivity index (χ2v) is 10.9. The van der Waals surface area contributed by atoms with Gasteiger partial charge in [-0.3, -0.25) is 9.59 Å². The molecular formula is C28H37F3N4O3. The Morgan fingerprint density at radius 2 is 1.84 bits per heavy atom. The van der Waals surface area contributed by atoms with Crippen molar-refractivity contribution in [3.8, 4) is 0 Å². The number of halogens is 3. The van der Waals surface area contributed by atoms with Gasteiger partial charge in [0.15, 0.2) is 0 Å². The van der Waals surface area contributed by atoms with Crippen LogP contribution in [0.25, 0.3) is 0 Å². The van der Waals surface area contributed by atoms with Crippen LogP contribution in [0.5, 0.6) is 0 Å². The summed E-state index contributed by atoms with van der Waals surface area (Å²) in [7, 11) is 2.06. The van der Waals surface area contributed by atoms with Crippen LogP contribution < -0.4 is 16.2 Å². The Kier molecular flexibility index (Phi) is 8.23. The smallest absolute Gasteiger partial charge is 0.381 e. The third-order valence-corrected chi connectivity index (χ3v) is 7.93. The van der Waals surface area contributed by atoms with E-state index in [4.69, 9.17) is 4.74 Å². The van der Waals surface area contributed by atoms with Crippen molar-refractivity contribution >= 4 is 11.6 Å². The summed E-state index contributed by atoms with van der Waals surface area (Å²) in [5.74, 6) is -0.450. The lowest BCUT2D eigenvalue weighted by Crippen LogP contribution is -2.46. The zero-order valence-electron chi connectivity index (χ0n) is 22.5. The van der Waals surface area contributed by atoms with Crippen LogP contribution in [0.2, 0.25) is 0 Å². The average molecular weight is 535 g/mol. The van der Waals surface area contributed by atoms with Gasteiger partial charge in [-0.25, -0.2) is 0 Å². The molecule has 0 bridgehead atoms. The lowest BCUT2D eigenvalue weighted by molar-refractivity contribution is -0.138. The summed E-state index contributed by atoms with van der Waals surface area (Å²) in [5, 5.41) is 6.36. The lowest BCUT2D eigenvalue weighted by atomic mass is 9.89. The molecule has 2 fully saturated rings. The van der Waals surface area contributed by atoms with Crippen LogP contribution in [-0.2, 0) is 10.9 Å². The third kappa shape index (κ3) is 6.23. The highest BCUT2D eigenvalue weighted by molar-refractivity contribution is 5.99. The number of alkyl halides is 3. The third-order valence-electron chi connectivity index (χ3n) is 7.93. The molecule has 208 valence electrons. The fraction of sp³-hybridized carbons (Fsp3) is 0.571. The number of anilines is 1. The minimum atomic E-state index is -4.48. The summed E-state index contributed by atoms with van der Waals surface area (Å²) < 4.78 is 47.5. The molecule has 4 rings (SSSR count). The maximum Gasteiger partial charge on any atom is 0.416 e. The first-order valence-corrected chi connectivity index (χ1v) is 13.2. The van der Waals surface area contributed by atoms with E-state index in [9.17, 15) is 22.8 Å². The molecule has 2 aromatic rings. The summed E-state index contributed by atoms with van der Waals surface area (Å²) in [6.45, 7) is 8.01. The first-order valence-electron chi connectivity index (χ1n) is 13.2. The standard InChI is InChI=1S/C28H37F3N4O3/c1-18-21(6-5-7-23(18)28(29,30)31)19(2)32-26(37)22-17-35(20-8-14-38-15-9-20)25(36)16-24(22)33-27(3)10-12-34(4)13-11-27/h5-7,16-17,19-20,33H,8-15H2,1-4H3,(H,32,37). The molecular weight excluding hydrogens is 497 g/mol. The van der Waals surface area contributed by atoms with Crippen molar-refractivity contribution in [3.05, 3.63) is 63.1 Å². The van der Waals surface area contributed by atoms with Gasteiger partial charge in [0.1, 0.15) is 0 Å². The Bertz CT molecular complexity index is 1210. The number of pyridine rings is 1. The second kappa shape index (κ2) is 11.1. The molecule has 1 amide bonds. The number of hydrogen-bond acceptors (Lipinski definition) is 5. The predicted octanol–water partition coefficient (Wildman–Crippen LogP) is 4.91. The van der Waals surface area contributed by atoms with E-state index in [1.165, 1.54) is 19.1 Å². The van der Waals surface area contributed by atoms with Crippen molar-refractivity contribution in [2.24, 2.45) is 0 Å². The number of carbonyl (C=O) groups is 1. The summed E-state index contributed by atoms with van der Waals surface area (Å²) >= 11 is 0. The molecule has 2 saturated heterocycles. The molecule has 0 spiro atoms. The number of likely N-dealkylation sites (tertiary alicyclic amines) is 1. The van der Waals surface area contributed by atoms with Crippen LogP contribution in [0.4, 0.5) is 18.9 Å². The molecule has 0 radical (unpaired) electrons. The normalized spacial score (nSPS) is 19.7. The van der Waals surface area contributed by atoms with Crippen molar-refractivity contribution in [1.29, 1.82) is 0 Å². The fourth-order valence-corrected chi connectivity index (χ4v) is 5.43. The quantitative estimate of drug-likeness (QED) is 0.551. The maximum absolute atomic E-state index is 13.7. The van der Waals surface area contributed by atoms with Crippen LogP contribution in [0, 0.1) is 6.92 Å². The maximum atomic E-state index is 13.7. The highest BCUT2D eigenvalue weighted by atomic mass is 19.4. The zero-order valence-corrected chi connectivity index (χ0v) is 22.5. The van der Waals surface area contributed by atoms with E-state index in [0.29, 0.717) is 42.9 Å². The van der Waals surface area contributed by atoms with Crippen LogP contribution in [0.15, 0.2) is 35.3 Å². The number of amides is 1. The van der Waals surface area contributed by atoms with Gasteiger partial charge in [-0.1, -0.05) is 12.1 Å². The highest BCUT2D eigenvalue weighted by Crippen LogP contribution is 2.35. The molecule has 38 heavy (non-hydrogen) atoms. The molecule has 1 aromatic heterocycles. The Morgan fingerprint density at radius 3 is 2.47 bits per heavy atom. The highest BCUT2D eigenvalue weighted by Gasteiger charge is 2.34. The van der Waals surface area contributed by atoms with Gasteiger partial charge < -0.3 is 24.8 Å². The van der Waals surface area contributed by atoms with Crippen LogP contribution >= 0.6 is 0 Å². The molecule has 7 nitrogen and oxygen atoms in total. The van der Waals surface area contributed by atoms with Crippen LogP contribution in [-0.4, -0.2) is 54.3 Å². The fourth-order valence-electron chi connectivity index (χ4n) is 5.43. The summed E-state index contributed by atoms with van der Waals surface area (Å²) in [4.78, 5) is 29.1. The molecule has 2 aliphatic heterocycles. The van der Waals surface area contributed by atoms with E-state index in [1.54, 1.807) is 23.8 Å². The first kappa shape index (κ1) is 28.2. The summed E-state index contributed by atoms with van der Waals surface area (Å²) in [6, 6.07) is 4.71. The van der Waals surface area contributed by atoms with Gasteiger partial charge in [-0.2, -0.15) is 13.2 Å². The van der Waals surface area contributed by atoms with E-state index >= 15 is 0 Å². The van der Waals surface area contributed by atoms with Gasteiger partial charge in [0, 0.05) is 50.1 Å². The van der Waals surface area contributed by atoms with Gasteiger partial charge in [0.05, 0.1) is 22.9 Å². The molecule has 2 N–H and O–H groups in total. The number of benzene rings is 1. The Balaban J connectivity index is 1.67. The van der Waals surface area contributed by atoms with E-state index in [2.05, 4.69) is 29.5 Å². The number of piperidine rings is 1. The van der Waals surface area contributed by atoms with E-state index in [0.717, 1.165) is 32.0 Å². The Morgan fingerprint density at radius 1 is 1.18 bits per heavy atom. The van der Waals surface area contributed by atoms with E-state index in [1.807, 2.05) is 0 Å². The molecule has 1 unspecified atom stereocenters. The number of carbonyl (C=O) groups excluding carboxylic acids is 1. The Hall–Kier alpha value is -2.85. The first-order chi connectivity index (χ1) is 17.9. The van der Waals surface area contributed by atoms with Gasteiger partial charge >= 0.3 is 6.18 Å². The summed E-state index contributed by atoms with van der Waals surface area (Å²) in [5.41, 5.74) is -0.0124. The molecule has 3 heterocycles. The van der Waals surface area contributed by atoms with Crippen LogP contribution in [0.1, 0.15) is 78.7 Å². The zero-order chi connectivity index (χ0) is 27.7. The van der Waals surface area contributed by atoms with Gasteiger partial charge in [0.25, 0.3) is 11.5 Å². The van der Waals surface area contributed by atoms with Gasteiger partial charge in [0.2, 0.25) is 0 Å². The van der Waals surface area contributed by atoms with E-state index < -0.39 is 23.7 Å². The summed E-state index contributed by atoms with van der Waals surface area (Å²) in [6.07, 6.45) is 0.125. The van der Waals surface area contributed by atoms with Gasteiger partial charge in [-0.15, -0.1) is 0 Å². The second-order valence-electron chi connectivity index (χ2n) is 10.9.